The summed E-state index contributed by atoms with van der Waals surface area (Å²) in [6, 6.07) is 15.5. The first-order chi connectivity index (χ1) is 16.5. The van der Waals surface area contributed by atoms with Crippen LogP contribution in [0.3, 0.4) is 0 Å². The molecular weight excluding hydrogens is 430 g/mol. The molecule has 3 aromatic rings. The lowest BCUT2D eigenvalue weighted by atomic mass is 10.00. The lowest BCUT2D eigenvalue weighted by molar-refractivity contribution is 0.0527. The first-order valence-electron chi connectivity index (χ1n) is 11.7. The van der Waals surface area contributed by atoms with Crippen molar-refractivity contribution >= 4 is 34.0 Å². The summed E-state index contributed by atoms with van der Waals surface area (Å²) < 4.78 is 5.10. The number of hydrogen-bond acceptors (Lipinski definition) is 6. The zero-order chi connectivity index (χ0) is 24.5. The number of esters is 1. The molecule has 0 aromatic heterocycles. The lowest BCUT2D eigenvalue weighted by Gasteiger charge is -2.16. The van der Waals surface area contributed by atoms with Gasteiger partial charge < -0.3 is 15.2 Å². The molecule has 0 saturated carbocycles. The molecule has 0 heterocycles. The predicted octanol–water partition coefficient (Wildman–Crippen LogP) is 6.69. The topological polar surface area (TPSA) is 100 Å². The molecule has 0 bridgehead atoms. The highest BCUT2D eigenvalue weighted by Gasteiger charge is 2.18. The maximum Gasteiger partial charge on any atom is 0.340 e. The summed E-state index contributed by atoms with van der Waals surface area (Å²) in [5.41, 5.74) is 1.21. The minimum Gasteiger partial charge on any atom is -0.506 e. The molecule has 7 nitrogen and oxygen atoms in total. The van der Waals surface area contributed by atoms with E-state index in [0.717, 1.165) is 19.3 Å². The summed E-state index contributed by atoms with van der Waals surface area (Å²) >= 11 is 0. The van der Waals surface area contributed by atoms with Gasteiger partial charge in [-0.1, -0.05) is 63.1 Å². The number of ether oxygens (including phenoxy) is 1. The van der Waals surface area contributed by atoms with Crippen LogP contribution in [-0.2, 0) is 4.74 Å². The van der Waals surface area contributed by atoms with Gasteiger partial charge in [0.2, 0.25) is 0 Å². The highest BCUT2D eigenvalue weighted by atomic mass is 16.5. The van der Waals surface area contributed by atoms with Crippen molar-refractivity contribution < 1.29 is 19.4 Å². The zero-order valence-electron chi connectivity index (χ0n) is 19.9. The van der Waals surface area contributed by atoms with Crippen LogP contribution >= 0.6 is 0 Å². The second-order valence-corrected chi connectivity index (χ2v) is 8.05. The number of carbonyl (C=O) groups excluding carboxylic acids is 2. The number of azo groups is 1. The summed E-state index contributed by atoms with van der Waals surface area (Å²) in [5.74, 6) is -0.552. The summed E-state index contributed by atoms with van der Waals surface area (Å²) in [6.07, 6.45) is 3.05. The number of phenolic OH excluding ortho intramolecular Hbond substituents is 1. The van der Waals surface area contributed by atoms with Gasteiger partial charge in [-0.15, -0.1) is 10.2 Å². The van der Waals surface area contributed by atoms with Crippen LogP contribution in [0.4, 0.5) is 11.4 Å². The Morgan fingerprint density at radius 1 is 0.941 bits per heavy atom. The number of amides is 1. The molecule has 178 valence electrons. The van der Waals surface area contributed by atoms with Gasteiger partial charge in [-0.05, 0) is 37.5 Å². The third-order valence-corrected chi connectivity index (χ3v) is 5.73. The summed E-state index contributed by atoms with van der Waals surface area (Å²) in [7, 11) is 0. The van der Waals surface area contributed by atoms with Crippen LogP contribution < -0.4 is 5.32 Å². The van der Waals surface area contributed by atoms with Gasteiger partial charge in [0.25, 0.3) is 5.91 Å². The molecular formula is C27H31N3O4. The summed E-state index contributed by atoms with van der Waals surface area (Å²) in [4.78, 5) is 25.2. The van der Waals surface area contributed by atoms with Crippen molar-refractivity contribution in [2.45, 2.75) is 40.0 Å². The van der Waals surface area contributed by atoms with E-state index in [2.05, 4.69) is 29.4 Å². The molecule has 3 rings (SSSR count). The fourth-order valence-electron chi connectivity index (χ4n) is 3.84. The molecule has 0 spiro atoms. The minimum atomic E-state index is -0.481. The highest BCUT2D eigenvalue weighted by Crippen LogP contribution is 2.37. The molecule has 0 aliphatic heterocycles. The molecule has 0 saturated heterocycles. The van der Waals surface area contributed by atoms with E-state index in [1.54, 1.807) is 49.4 Å². The molecule has 0 aliphatic carbocycles. The van der Waals surface area contributed by atoms with Crippen LogP contribution in [0, 0.1) is 5.92 Å². The number of phenols is 1. The van der Waals surface area contributed by atoms with Crippen LogP contribution in [0.2, 0.25) is 0 Å². The van der Waals surface area contributed by atoms with E-state index in [4.69, 9.17) is 4.74 Å². The van der Waals surface area contributed by atoms with Gasteiger partial charge in [0.05, 0.1) is 23.4 Å². The van der Waals surface area contributed by atoms with Gasteiger partial charge in [0.15, 0.2) is 0 Å². The van der Waals surface area contributed by atoms with E-state index in [1.165, 1.54) is 6.07 Å². The van der Waals surface area contributed by atoms with E-state index in [-0.39, 0.29) is 23.8 Å². The van der Waals surface area contributed by atoms with Crippen LogP contribution in [0.25, 0.3) is 10.8 Å². The van der Waals surface area contributed by atoms with Crippen molar-refractivity contribution in [3.8, 4) is 5.75 Å². The molecule has 3 aromatic carbocycles. The van der Waals surface area contributed by atoms with Crippen LogP contribution in [0.5, 0.6) is 5.75 Å². The first kappa shape index (κ1) is 24.9. The number of hydrogen-bond donors (Lipinski definition) is 2. The molecule has 0 aliphatic rings. The van der Waals surface area contributed by atoms with Gasteiger partial charge in [-0.2, -0.15) is 0 Å². The van der Waals surface area contributed by atoms with E-state index in [9.17, 15) is 14.7 Å². The maximum atomic E-state index is 13.0. The molecule has 0 radical (unpaired) electrons. The largest absolute Gasteiger partial charge is 0.506 e. The Morgan fingerprint density at radius 3 is 2.32 bits per heavy atom. The number of benzene rings is 3. The Hall–Kier alpha value is -3.74. The second kappa shape index (κ2) is 11.9. The number of nitrogens with zero attached hydrogens (tertiary/aromatic N) is 2. The quantitative estimate of drug-likeness (QED) is 0.259. The van der Waals surface area contributed by atoms with Crippen molar-refractivity contribution in [3.63, 3.8) is 0 Å². The maximum absolute atomic E-state index is 13.0. The molecule has 7 heteroatoms. The number of rotatable bonds is 10. The van der Waals surface area contributed by atoms with Gasteiger partial charge >= 0.3 is 5.97 Å². The molecule has 2 N–H and O–H groups in total. The number of carbonyl (C=O) groups is 2. The number of aromatic hydroxyl groups is 1. The fraction of sp³-hybridized carbons (Fsp3) is 0.333. The lowest BCUT2D eigenvalue weighted by Crippen LogP contribution is -2.29. The Kier molecular flexibility index (Phi) is 8.73. The van der Waals surface area contributed by atoms with Crippen LogP contribution in [-0.4, -0.2) is 30.1 Å². The van der Waals surface area contributed by atoms with Gasteiger partial charge in [0, 0.05) is 17.3 Å². The second-order valence-electron chi connectivity index (χ2n) is 8.05. The fourth-order valence-corrected chi connectivity index (χ4v) is 3.84. The smallest absolute Gasteiger partial charge is 0.340 e. The van der Waals surface area contributed by atoms with E-state index < -0.39 is 5.97 Å². The molecule has 0 fully saturated rings. The molecule has 34 heavy (non-hydrogen) atoms. The van der Waals surface area contributed by atoms with Crippen molar-refractivity contribution in [3.05, 3.63) is 65.7 Å². The molecule has 1 atom stereocenters. The first-order valence-corrected chi connectivity index (χ1v) is 11.7. The van der Waals surface area contributed by atoms with Gasteiger partial charge in [-0.3, -0.25) is 4.79 Å². The Labute approximate surface area is 199 Å². The summed E-state index contributed by atoms with van der Waals surface area (Å²) in [5, 5.41) is 23.6. The van der Waals surface area contributed by atoms with Crippen molar-refractivity contribution in [1.82, 2.24) is 5.32 Å². The van der Waals surface area contributed by atoms with Crippen LogP contribution in [0.1, 0.15) is 60.7 Å². The SMILES string of the molecule is CCCC(CC)CNC(=O)c1cc(N=Nc2ccccc2C(=O)OCC)c2ccccc2c1O. The summed E-state index contributed by atoms with van der Waals surface area (Å²) in [6.45, 7) is 6.76. The van der Waals surface area contributed by atoms with E-state index in [0.29, 0.717) is 40.2 Å². The van der Waals surface area contributed by atoms with Crippen molar-refractivity contribution in [2.75, 3.05) is 13.2 Å². The Bertz CT molecular complexity index is 1190. The average molecular weight is 462 g/mol. The van der Waals surface area contributed by atoms with Crippen molar-refractivity contribution in [1.29, 1.82) is 0 Å². The van der Waals surface area contributed by atoms with Crippen molar-refractivity contribution in [2.24, 2.45) is 16.1 Å². The predicted molar refractivity (Wildman–Crippen MR) is 133 cm³/mol. The Morgan fingerprint density at radius 2 is 1.62 bits per heavy atom. The third kappa shape index (κ3) is 5.78. The normalized spacial score (nSPS) is 12.1. The highest BCUT2D eigenvalue weighted by molar-refractivity contribution is 6.07. The number of fused-ring (bicyclic) bond motifs is 1. The van der Waals surface area contributed by atoms with E-state index in [1.807, 2.05) is 6.07 Å². The minimum absolute atomic E-state index is 0.0949. The number of nitrogens with one attached hydrogen (secondary N) is 1. The molecule has 1 unspecified atom stereocenters. The standard InChI is InChI=1S/C27H31N3O4/c1-4-11-18(5-2)17-28-26(32)22-16-24(19-12-7-8-13-20(19)25(22)31)30-29-23-15-10-9-14-21(23)27(33)34-6-3/h7-10,12-16,18,31H,4-6,11,17H2,1-3H3,(H,28,32). The zero-order valence-corrected chi connectivity index (χ0v) is 19.9. The average Bonchev–Trinajstić information content (AvgIpc) is 2.86. The van der Waals surface area contributed by atoms with E-state index >= 15 is 0 Å². The third-order valence-electron chi connectivity index (χ3n) is 5.73. The Balaban J connectivity index is 1.98. The van der Waals surface area contributed by atoms with Crippen LogP contribution in [0.15, 0.2) is 64.8 Å². The van der Waals surface area contributed by atoms with Gasteiger partial charge in [0.1, 0.15) is 11.4 Å². The van der Waals surface area contributed by atoms with Gasteiger partial charge in [-0.25, -0.2) is 4.79 Å². The molecule has 1 amide bonds. The monoisotopic (exact) mass is 461 g/mol.